The molecule has 3 heteroatoms. The van der Waals surface area contributed by atoms with Gasteiger partial charge < -0.3 is 11.2 Å². The molecule has 1 aliphatic carbocycles. The third-order valence-electron chi connectivity index (χ3n) is 2.51. The fraction of sp³-hybridized carbons (Fsp3) is 0.818. The van der Waals surface area contributed by atoms with Gasteiger partial charge in [-0.25, -0.2) is 0 Å². The van der Waals surface area contributed by atoms with Crippen LogP contribution in [0.2, 0.25) is 0 Å². The van der Waals surface area contributed by atoms with Crippen molar-refractivity contribution in [3.63, 3.8) is 0 Å². The van der Waals surface area contributed by atoms with Crippen molar-refractivity contribution in [3.05, 3.63) is 6.42 Å². The van der Waals surface area contributed by atoms with Crippen molar-refractivity contribution in [2.24, 2.45) is 17.3 Å². The smallest absolute Gasteiger partial charge is 0.106 e. The summed E-state index contributed by atoms with van der Waals surface area (Å²) in [5.41, 5.74) is 0.179. The minimum Gasteiger partial charge on any atom is -0.313 e. The molecule has 0 heterocycles. The summed E-state index contributed by atoms with van der Waals surface area (Å²) in [6, 6.07) is 0. The molecule has 0 saturated heterocycles. The second-order valence-electron chi connectivity index (χ2n) is 5.04. The van der Waals surface area contributed by atoms with Crippen LogP contribution in [0.5, 0.6) is 0 Å². The fourth-order valence-electron chi connectivity index (χ4n) is 1.83. The van der Waals surface area contributed by atoms with Crippen molar-refractivity contribution in [2.45, 2.75) is 40.5 Å². The molecule has 79 valence electrons. The molecule has 0 bridgehead atoms. The summed E-state index contributed by atoms with van der Waals surface area (Å²) < 4.78 is 0. The fourth-order valence-corrected chi connectivity index (χ4v) is 1.83. The molecule has 1 nitrogen and oxygen atoms in total. The van der Waals surface area contributed by atoms with Crippen LogP contribution >= 0.6 is 0 Å². The minimum atomic E-state index is 0. The molecule has 0 aromatic rings. The van der Waals surface area contributed by atoms with Gasteiger partial charge in [-0.15, -0.1) is 5.92 Å². The zero-order valence-electron chi connectivity index (χ0n) is 9.64. The molecule has 0 N–H and O–H groups in total. The SMILES string of the molecule is CC1CCC(=O)C1[CH-]C(C)(C)C.[Re].[Rf]. The van der Waals surface area contributed by atoms with Gasteiger partial charge in [0, 0.05) is 26.8 Å². The normalized spacial score (nSPS) is 26.7. The number of hydrogen-bond donors (Lipinski definition) is 0. The van der Waals surface area contributed by atoms with E-state index in [2.05, 4.69) is 34.1 Å². The molecule has 1 rings (SSSR count). The molecule has 0 amide bonds. The number of ketones is 1. The molecule has 0 aromatic heterocycles. The van der Waals surface area contributed by atoms with Crippen molar-refractivity contribution in [1.29, 1.82) is 0 Å². The van der Waals surface area contributed by atoms with Gasteiger partial charge in [-0.1, -0.05) is 33.6 Å². The summed E-state index contributed by atoms with van der Waals surface area (Å²) in [6.45, 7) is 8.65. The predicted molar refractivity (Wildman–Crippen MR) is 50.7 cm³/mol. The summed E-state index contributed by atoms with van der Waals surface area (Å²) in [5, 5.41) is 0. The Labute approximate surface area is 95.3 Å². The van der Waals surface area contributed by atoms with E-state index in [1.165, 1.54) is 0 Å². The van der Waals surface area contributed by atoms with Crippen LogP contribution in [-0.2, 0) is 25.2 Å². The van der Waals surface area contributed by atoms with Crippen LogP contribution in [0, 0.1) is 23.7 Å². The van der Waals surface area contributed by atoms with E-state index in [1.54, 1.807) is 0 Å². The van der Waals surface area contributed by atoms with E-state index in [4.69, 9.17) is 0 Å². The topological polar surface area (TPSA) is 17.1 Å². The second-order valence-corrected chi connectivity index (χ2v) is 5.04. The molecule has 0 spiro atoms. The largest absolute Gasteiger partial charge is 0.313 e. The summed E-state index contributed by atoms with van der Waals surface area (Å²) >= 11 is 0. The van der Waals surface area contributed by atoms with Gasteiger partial charge in [-0.3, -0.25) is 0 Å². The first-order valence-corrected chi connectivity index (χ1v) is 4.79. The number of hydrogen-bond acceptors (Lipinski definition) is 1. The summed E-state index contributed by atoms with van der Waals surface area (Å²) in [6.07, 6.45) is 4.08. The molecule has 14 heavy (non-hydrogen) atoms. The van der Waals surface area contributed by atoms with Gasteiger partial charge in [0.1, 0.15) is 5.78 Å². The predicted octanol–water partition coefficient (Wildman–Crippen LogP) is 2.85. The van der Waals surface area contributed by atoms with Crippen molar-refractivity contribution in [3.8, 4) is 0 Å². The van der Waals surface area contributed by atoms with E-state index in [9.17, 15) is 4.79 Å². The Kier molecular flexibility index (Phi) is 5.95. The summed E-state index contributed by atoms with van der Waals surface area (Å²) in [5.74, 6) is 1.24. The van der Waals surface area contributed by atoms with E-state index in [-0.39, 0.29) is 31.8 Å². The third kappa shape index (κ3) is 4.03. The second kappa shape index (κ2) is 5.27. The van der Waals surface area contributed by atoms with Crippen molar-refractivity contribution < 1.29 is 25.2 Å². The van der Waals surface area contributed by atoms with Gasteiger partial charge in [0.05, 0.1) is 0 Å². The number of rotatable bonds is 1. The van der Waals surface area contributed by atoms with Crippen LogP contribution in [0.4, 0.5) is 0 Å². The van der Waals surface area contributed by atoms with Crippen LogP contribution in [0.25, 0.3) is 0 Å². The molecule has 2 unspecified atom stereocenters. The quantitative estimate of drug-likeness (QED) is 0.413. The maximum atomic E-state index is 11.4. The van der Waals surface area contributed by atoms with Crippen LogP contribution in [0.15, 0.2) is 0 Å². The monoisotopic (exact) mass is 621 g/mol. The van der Waals surface area contributed by atoms with Crippen molar-refractivity contribution in [2.75, 3.05) is 0 Å². The Morgan fingerprint density at radius 1 is 1.36 bits per heavy atom. The summed E-state index contributed by atoms with van der Waals surface area (Å²) in [4.78, 5) is 11.4. The maximum Gasteiger partial charge on any atom is 0.106 e. The standard InChI is InChI=1S/C11H19O.Re.Rf/c1-8-5-6-10(12)9(8)7-11(2,3)4;;/h7-9H,5-6H2,1-4H3;;/q-1;;. The van der Waals surface area contributed by atoms with Gasteiger partial charge in [0.25, 0.3) is 0 Å². The van der Waals surface area contributed by atoms with E-state index < -0.39 is 0 Å². The van der Waals surface area contributed by atoms with Crippen molar-refractivity contribution in [1.82, 2.24) is 0 Å². The number of carbonyl (C=O) groups is 1. The first-order chi connectivity index (χ1) is 5.40. The maximum absolute atomic E-state index is 11.4. The Balaban J connectivity index is 0. The van der Waals surface area contributed by atoms with E-state index in [0.29, 0.717) is 11.7 Å². The van der Waals surface area contributed by atoms with Crippen LogP contribution < -0.4 is 0 Å². The van der Waals surface area contributed by atoms with E-state index in [0.717, 1.165) is 12.8 Å². The average molecular weight is 620 g/mol. The molecule has 1 radical (unpaired) electrons. The Morgan fingerprint density at radius 3 is 2.14 bits per heavy atom. The molecule has 2 atom stereocenters. The minimum absolute atomic E-state index is 0. The first kappa shape index (κ1) is 15.8. The van der Waals surface area contributed by atoms with Crippen LogP contribution in [0.3, 0.4) is 0 Å². The Hall–Kier alpha value is -0.668. The van der Waals surface area contributed by atoms with E-state index in [1.807, 2.05) is 0 Å². The molecular formula is C11H19OReRf-. The Bertz CT molecular complexity index is 186. The molecule has 0 aromatic carbocycles. The number of carbonyl (C=O) groups excluding carboxylic acids is 1. The van der Waals surface area contributed by atoms with Gasteiger partial charge in [-0.05, 0) is 6.42 Å². The summed E-state index contributed by atoms with van der Waals surface area (Å²) in [7, 11) is 0. The van der Waals surface area contributed by atoms with Gasteiger partial charge in [0.15, 0.2) is 0 Å². The molecule has 1 fully saturated rings. The average Bonchev–Trinajstić information content (AvgIpc) is 2.16. The van der Waals surface area contributed by atoms with Gasteiger partial charge in [0.2, 0.25) is 0 Å². The molecular weight excluding hydrogens is 601 g/mol. The molecule has 1 aliphatic rings. The molecule has 0 aliphatic heterocycles. The van der Waals surface area contributed by atoms with Crippen LogP contribution in [0.1, 0.15) is 40.5 Å². The third-order valence-corrected chi connectivity index (χ3v) is 2.51. The Morgan fingerprint density at radius 2 is 1.86 bits per heavy atom. The van der Waals surface area contributed by atoms with E-state index >= 15 is 0 Å². The van der Waals surface area contributed by atoms with Gasteiger partial charge in [-0.2, -0.15) is 5.41 Å². The van der Waals surface area contributed by atoms with Crippen molar-refractivity contribution >= 4 is 5.78 Å². The molecule has 1 saturated carbocycles. The number of Topliss-reactive ketones (excluding diaryl/α,β-unsaturated/α-hetero) is 1. The van der Waals surface area contributed by atoms with Gasteiger partial charge >= 0.3 is 0 Å². The zero-order valence-corrected chi connectivity index (χ0v) is 18.8. The first-order valence-electron chi connectivity index (χ1n) is 4.79. The van der Waals surface area contributed by atoms with Crippen LogP contribution in [-0.4, -0.2) is 5.78 Å². The zero-order chi connectivity index (χ0) is 9.35.